The third-order valence-corrected chi connectivity index (χ3v) is 19.5. The molecule has 0 radical (unpaired) electrons. The Morgan fingerprint density at radius 2 is 0.673 bits per heavy atom. The van der Waals surface area contributed by atoms with Gasteiger partial charge in [0.05, 0.1) is 0 Å². The lowest BCUT2D eigenvalue weighted by atomic mass is 9.86. The van der Waals surface area contributed by atoms with Gasteiger partial charge < -0.3 is 0 Å². The van der Waals surface area contributed by atoms with Crippen molar-refractivity contribution in [1.82, 2.24) is 0 Å². The van der Waals surface area contributed by atoms with Crippen LogP contribution in [-0.4, -0.2) is 0 Å². The summed E-state index contributed by atoms with van der Waals surface area (Å²) in [5.41, 5.74) is 31.8. The molecule has 0 spiro atoms. The summed E-state index contributed by atoms with van der Waals surface area (Å²) in [6.07, 6.45) is 9.79. The molecule has 0 N–H and O–H groups in total. The van der Waals surface area contributed by atoms with E-state index in [1.165, 1.54) is 124 Å². The van der Waals surface area contributed by atoms with Gasteiger partial charge in [0.2, 0.25) is 22.8 Å². The molecule has 101 heavy (non-hydrogen) atoms. The molecule has 1 aliphatic rings. The Bertz CT molecular complexity index is 4980. The summed E-state index contributed by atoms with van der Waals surface area (Å²) in [5, 5.41) is 0. The van der Waals surface area contributed by atoms with Gasteiger partial charge in [0.25, 0.3) is 0 Å². The average molecular weight is 1340 g/mol. The molecule has 4 heterocycles. The summed E-state index contributed by atoms with van der Waals surface area (Å²) >= 11 is 0. The molecule has 0 saturated heterocycles. The second-order valence-electron chi connectivity index (χ2n) is 29.5. The first kappa shape index (κ1) is 65.9. The highest BCUT2D eigenvalue weighted by atomic mass is 14.9. The fourth-order valence-electron chi connectivity index (χ4n) is 13.9. The maximum Gasteiger partial charge on any atom is 0.212 e. The lowest BCUT2D eigenvalue weighted by molar-refractivity contribution is -0.661. The molecule has 4 aromatic heterocycles. The van der Waals surface area contributed by atoms with Gasteiger partial charge in [0, 0.05) is 77.0 Å². The Morgan fingerprint density at radius 3 is 1.01 bits per heavy atom. The predicted molar refractivity (Wildman–Crippen MR) is 429 cm³/mol. The van der Waals surface area contributed by atoms with E-state index in [0.29, 0.717) is 0 Å². The largest absolute Gasteiger partial charge is 0.212 e. The molecule has 0 amide bonds. The summed E-state index contributed by atoms with van der Waals surface area (Å²) < 4.78 is 60.0. The van der Waals surface area contributed by atoms with Crippen molar-refractivity contribution in [2.24, 2.45) is 39.5 Å². The summed E-state index contributed by atoms with van der Waals surface area (Å²) in [7, 11) is 8.19. The zero-order valence-corrected chi connectivity index (χ0v) is 63.8. The molecule has 0 bridgehead atoms. The standard InChI is InChI=1S/C25H28N.C25H30N.C24H28N.C23H26N/c1-18-13-14-22(20-9-5-4-6-10-20)16-23(18)25-15-19(2)24(17-26(25)3)21-11-7-8-12-21;1-18-12-13-21(20-10-8-7-9-11-20)15-23(18)24-14-19(2)22(17-26(24)6)16-25(3,4)5;1-17(2)13-22-16-25(5)24(14-19(22)4)23-15-21(12-11-18(23)3)20-9-7-6-8-10-20;1-16(2)22-15-24(5)23(13-18(22)4)21-14-20(12-11-17(21)3)19-9-7-6-8-10-19/h4-6,9-10,13-17,21H,7-8,11-12H2,1-3H3;7-15,17H,16H2,1-6H3;6-12,14-17H,13H2,1-5H3;6-16H,1-5H3/q4*+1/i21D;16D2;13D2;16D. The minimum absolute atomic E-state index is 0.0785. The first-order chi connectivity index (χ1) is 50.5. The molecule has 0 unspecified atom stereocenters. The summed E-state index contributed by atoms with van der Waals surface area (Å²) in [6, 6.07) is 77.0. The molecule has 0 aliphatic heterocycles. The van der Waals surface area contributed by atoms with Crippen molar-refractivity contribution in [2.45, 2.75) is 154 Å². The van der Waals surface area contributed by atoms with Crippen LogP contribution in [0.5, 0.6) is 0 Å². The number of rotatable bonds is 13. The van der Waals surface area contributed by atoms with E-state index >= 15 is 0 Å². The second-order valence-corrected chi connectivity index (χ2v) is 29.5. The van der Waals surface area contributed by atoms with Crippen LogP contribution in [0.25, 0.3) is 89.5 Å². The van der Waals surface area contributed by atoms with Crippen LogP contribution in [0.4, 0.5) is 0 Å². The van der Waals surface area contributed by atoms with E-state index in [4.69, 9.17) is 8.22 Å². The van der Waals surface area contributed by atoms with Crippen molar-refractivity contribution in [2.75, 3.05) is 0 Å². The first-order valence-electron chi connectivity index (χ1n) is 39.2. The molecule has 4 heteroatoms. The zero-order valence-electron chi connectivity index (χ0n) is 69.8. The number of hydrogen-bond acceptors (Lipinski definition) is 0. The van der Waals surface area contributed by atoms with Crippen molar-refractivity contribution in [3.8, 4) is 89.5 Å². The fraction of sp³-hybridized carbons (Fsp3) is 0.299. The first-order valence-corrected chi connectivity index (χ1v) is 36.2. The lowest BCUT2D eigenvalue weighted by Gasteiger charge is -2.19. The van der Waals surface area contributed by atoms with E-state index in [1.807, 2.05) is 107 Å². The second kappa shape index (κ2) is 33.2. The molecule has 8 aromatic carbocycles. The molecule has 12 aromatic rings. The Labute approximate surface area is 616 Å². The lowest BCUT2D eigenvalue weighted by Crippen LogP contribution is -2.32. The molecule has 1 saturated carbocycles. The van der Waals surface area contributed by atoms with Gasteiger partial charge in [0.1, 0.15) is 28.2 Å². The van der Waals surface area contributed by atoms with Crippen LogP contribution in [0, 0.1) is 66.7 Å². The summed E-state index contributed by atoms with van der Waals surface area (Å²) in [6.45, 7) is 30.5. The Balaban J connectivity index is 0.000000153. The van der Waals surface area contributed by atoms with Crippen LogP contribution in [0.3, 0.4) is 0 Å². The Morgan fingerprint density at radius 1 is 0.366 bits per heavy atom. The zero-order chi connectivity index (χ0) is 77.7. The van der Waals surface area contributed by atoms with E-state index in [9.17, 15) is 0 Å². The number of aromatic nitrogens is 4. The van der Waals surface area contributed by atoms with Gasteiger partial charge >= 0.3 is 0 Å². The molecule has 0 atom stereocenters. The summed E-state index contributed by atoms with van der Waals surface area (Å²) in [5.74, 6) is -1.08. The van der Waals surface area contributed by atoms with E-state index in [-0.39, 0.29) is 5.92 Å². The normalized spacial score (nSPS) is 13.7. The fourth-order valence-corrected chi connectivity index (χ4v) is 13.9. The van der Waals surface area contributed by atoms with Crippen LogP contribution >= 0.6 is 0 Å². The molecule has 4 nitrogen and oxygen atoms in total. The van der Waals surface area contributed by atoms with Gasteiger partial charge in [0.15, 0.2) is 24.8 Å². The minimum atomic E-state index is -1.41. The van der Waals surface area contributed by atoms with Crippen LogP contribution < -0.4 is 18.3 Å². The topological polar surface area (TPSA) is 15.5 Å². The van der Waals surface area contributed by atoms with Crippen molar-refractivity contribution in [3.63, 3.8) is 0 Å². The smallest absolute Gasteiger partial charge is 0.201 e. The van der Waals surface area contributed by atoms with E-state index in [0.717, 1.165) is 57.6 Å². The highest BCUT2D eigenvalue weighted by Gasteiger charge is 2.26. The number of nitrogens with zero attached hydrogens (tertiary/aromatic N) is 4. The predicted octanol–water partition coefficient (Wildman–Crippen LogP) is 23.4. The average Bonchev–Trinajstić information content (AvgIpc) is 1.16. The molecule has 13 rings (SSSR count). The van der Waals surface area contributed by atoms with E-state index in [1.54, 1.807) is 0 Å². The van der Waals surface area contributed by atoms with E-state index in [2.05, 4.69) is 286 Å². The number of benzene rings is 8. The van der Waals surface area contributed by atoms with Crippen molar-refractivity contribution in [1.29, 1.82) is 0 Å². The highest BCUT2D eigenvalue weighted by molar-refractivity contribution is 5.77. The molecular formula is C97H112N4+4. The van der Waals surface area contributed by atoms with Crippen molar-refractivity contribution < 1.29 is 26.5 Å². The van der Waals surface area contributed by atoms with Gasteiger partial charge in [-0.05, 0) is 217 Å². The summed E-state index contributed by atoms with van der Waals surface area (Å²) in [4.78, 5) is 0. The molecular weight excluding hydrogens is 1220 g/mol. The van der Waals surface area contributed by atoms with Crippen LogP contribution in [0.2, 0.25) is 0 Å². The highest BCUT2D eigenvalue weighted by Crippen LogP contribution is 2.38. The van der Waals surface area contributed by atoms with Gasteiger partial charge in [-0.25, -0.2) is 18.3 Å². The molecule has 1 fully saturated rings. The Hall–Kier alpha value is -9.64. The minimum Gasteiger partial charge on any atom is -0.201 e. The SMILES string of the molecule is [2H]C(C)(C)c1c[n+](C)c(-c2cc(-c3ccccc3)ccc2C)cc1C.[2H]C([2H])(c1c[n+](C)c(-c2cc(-c3ccccc3)ccc2C)cc1C)C(C)(C)C.[2H]C([2H])(c1c[n+](C)c(-c2cc(-c3ccccc3)ccc2C)cc1C)C(C)C.[2H]C1(c2c[n+](C)c(-c3cc(-c4ccccc4)ccc3C)cc2C)CCCC1. The maximum atomic E-state index is 8.91. The van der Waals surface area contributed by atoms with E-state index < -0.39 is 29.9 Å². The van der Waals surface area contributed by atoms with Crippen LogP contribution in [-0.2, 0) is 40.9 Å². The number of aryl methyl sites for hydroxylation is 12. The van der Waals surface area contributed by atoms with Gasteiger partial charge in [-0.1, -0.05) is 231 Å². The third-order valence-electron chi connectivity index (χ3n) is 19.5. The quantitative estimate of drug-likeness (QED) is 0.102. The Kier molecular flexibility index (Phi) is 21.7. The number of hydrogen-bond donors (Lipinski definition) is 0. The van der Waals surface area contributed by atoms with Crippen molar-refractivity contribution in [3.05, 3.63) is 310 Å². The molecule has 1 aliphatic carbocycles. The number of pyridine rings is 4. The monoisotopic (exact) mass is 1340 g/mol. The van der Waals surface area contributed by atoms with Gasteiger partial charge in [-0.2, -0.15) is 0 Å². The third kappa shape index (κ3) is 18.7. The van der Waals surface area contributed by atoms with Crippen LogP contribution in [0.15, 0.2) is 243 Å². The van der Waals surface area contributed by atoms with Crippen molar-refractivity contribution >= 4 is 0 Å². The van der Waals surface area contributed by atoms with Gasteiger partial charge in [-0.3, -0.25) is 0 Å². The maximum absolute atomic E-state index is 8.91. The van der Waals surface area contributed by atoms with Crippen LogP contribution in [0.1, 0.15) is 161 Å². The molecule has 516 valence electrons. The van der Waals surface area contributed by atoms with Gasteiger partial charge in [-0.15, -0.1) is 0 Å².